The second-order valence-corrected chi connectivity index (χ2v) is 13.0. The van der Waals surface area contributed by atoms with Crippen molar-refractivity contribution in [1.82, 2.24) is 9.80 Å². The molecular weight excluding hydrogens is 686 g/mol. The fourth-order valence-electron chi connectivity index (χ4n) is 5.60. The first-order chi connectivity index (χ1) is 24.6. The summed E-state index contributed by atoms with van der Waals surface area (Å²) in [4.78, 5) is 43.0. The molecule has 0 aromatic heterocycles. The number of likely N-dealkylation sites (N-methyl/N-ethyl adjacent to an activating group) is 1. The summed E-state index contributed by atoms with van der Waals surface area (Å²) in [6.07, 6.45) is -3.28. The number of urea groups is 2. The average Bonchev–Trinajstić information content (AvgIpc) is 3.10. The summed E-state index contributed by atoms with van der Waals surface area (Å²) in [5.41, 5.74) is 0.162. The van der Waals surface area contributed by atoms with Crippen LogP contribution in [-0.2, 0) is 10.9 Å². The molecule has 282 valence electrons. The molecular formula is C37H45F4N5O6. The minimum Gasteiger partial charge on any atom is -0.490 e. The second kappa shape index (κ2) is 18.0. The Balaban J connectivity index is 1.55. The van der Waals surface area contributed by atoms with Crippen LogP contribution in [-0.4, -0.2) is 84.5 Å². The first-order valence-electron chi connectivity index (χ1n) is 17.0. The monoisotopic (exact) mass is 731 g/mol. The molecule has 4 atom stereocenters. The Hall–Kier alpha value is -4.89. The molecule has 0 bridgehead atoms. The molecule has 0 unspecified atom stereocenters. The van der Waals surface area contributed by atoms with Crippen molar-refractivity contribution in [2.45, 2.75) is 64.5 Å². The van der Waals surface area contributed by atoms with Gasteiger partial charge in [-0.2, -0.15) is 13.2 Å². The quantitative estimate of drug-likeness (QED) is 0.187. The largest absolute Gasteiger partial charge is 0.490 e. The number of carbonyl (C=O) groups excluding carboxylic acids is 3. The lowest BCUT2D eigenvalue weighted by molar-refractivity contribution is -0.137. The zero-order chi connectivity index (χ0) is 38.0. The molecule has 52 heavy (non-hydrogen) atoms. The van der Waals surface area contributed by atoms with Gasteiger partial charge in [0.2, 0.25) is 0 Å². The van der Waals surface area contributed by atoms with Gasteiger partial charge in [0.1, 0.15) is 11.6 Å². The fraction of sp³-hybridized carbons (Fsp3) is 0.432. The summed E-state index contributed by atoms with van der Waals surface area (Å²) in [5.74, 6) is -0.988. The van der Waals surface area contributed by atoms with E-state index >= 15 is 0 Å². The van der Waals surface area contributed by atoms with E-state index in [1.807, 2.05) is 13.8 Å². The molecule has 0 spiro atoms. The van der Waals surface area contributed by atoms with Crippen molar-refractivity contribution in [3.8, 4) is 5.75 Å². The molecule has 1 aliphatic rings. The van der Waals surface area contributed by atoms with Gasteiger partial charge in [-0.25, -0.2) is 14.0 Å². The number of amides is 5. The van der Waals surface area contributed by atoms with Gasteiger partial charge in [-0.3, -0.25) is 4.79 Å². The van der Waals surface area contributed by atoms with E-state index in [0.29, 0.717) is 30.9 Å². The molecule has 1 aliphatic heterocycles. The molecule has 11 nitrogen and oxygen atoms in total. The number of alkyl halides is 3. The second-order valence-electron chi connectivity index (χ2n) is 13.0. The van der Waals surface area contributed by atoms with Crippen LogP contribution < -0.4 is 20.7 Å². The van der Waals surface area contributed by atoms with Gasteiger partial charge in [0.05, 0.1) is 36.0 Å². The van der Waals surface area contributed by atoms with Gasteiger partial charge in [-0.1, -0.05) is 6.92 Å². The van der Waals surface area contributed by atoms with Crippen LogP contribution in [0.5, 0.6) is 5.75 Å². The standard InChI is InChI=1S/C37H45F4N5O6/c1-23-20-46(24(2)22-47)34(48)31-19-30(43-35(49)42-28-14-10-27(38)11-15-28)16-17-32(31)52-25(3)7-5-6-18-51-33(23)21-45(4)36(50)44-29-12-8-26(9-13-29)37(39,40)41/h8-17,19,23-25,33,47H,5-7,18,20-22H2,1-4H3,(H,44,50)(H2,42,43,49)/t23-,24+,25+,33-/m0/s1. The predicted octanol–water partition coefficient (Wildman–Crippen LogP) is 7.45. The van der Waals surface area contributed by atoms with Crippen molar-refractivity contribution in [2.75, 3.05) is 49.3 Å². The number of rotatable bonds is 7. The van der Waals surface area contributed by atoms with Gasteiger partial charge in [-0.05, 0) is 99.8 Å². The van der Waals surface area contributed by atoms with Crippen LogP contribution in [0.25, 0.3) is 0 Å². The van der Waals surface area contributed by atoms with Crippen molar-refractivity contribution >= 4 is 35.0 Å². The summed E-state index contributed by atoms with van der Waals surface area (Å²) >= 11 is 0. The Bertz CT molecular complexity index is 1660. The Morgan fingerprint density at radius 1 is 0.962 bits per heavy atom. The fourth-order valence-corrected chi connectivity index (χ4v) is 5.60. The maximum absolute atomic E-state index is 14.3. The topological polar surface area (TPSA) is 132 Å². The van der Waals surface area contributed by atoms with Crippen LogP contribution in [0.2, 0.25) is 0 Å². The number of nitrogens with one attached hydrogen (secondary N) is 3. The summed E-state index contributed by atoms with van der Waals surface area (Å²) in [6, 6.07) is 12.2. The number of hydrogen-bond acceptors (Lipinski definition) is 6. The molecule has 0 saturated carbocycles. The third-order valence-corrected chi connectivity index (χ3v) is 8.68. The minimum atomic E-state index is -4.50. The van der Waals surface area contributed by atoms with E-state index in [4.69, 9.17) is 9.47 Å². The highest BCUT2D eigenvalue weighted by Gasteiger charge is 2.32. The van der Waals surface area contributed by atoms with Gasteiger partial charge < -0.3 is 40.3 Å². The molecule has 4 N–H and O–H groups in total. The minimum absolute atomic E-state index is 0.0938. The predicted molar refractivity (Wildman–Crippen MR) is 189 cm³/mol. The van der Waals surface area contributed by atoms with E-state index in [-0.39, 0.29) is 48.7 Å². The summed E-state index contributed by atoms with van der Waals surface area (Å²) in [5, 5.41) is 18.1. The van der Waals surface area contributed by atoms with Gasteiger partial charge in [0.25, 0.3) is 5.91 Å². The molecule has 4 rings (SSSR count). The van der Waals surface area contributed by atoms with Gasteiger partial charge in [0.15, 0.2) is 0 Å². The maximum Gasteiger partial charge on any atom is 0.416 e. The number of fused-ring (bicyclic) bond motifs is 1. The number of anilines is 3. The van der Waals surface area contributed by atoms with Crippen LogP contribution >= 0.6 is 0 Å². The summed E-state index contributed by atoms with van der Waals surface area (Å²) < 4.78 is 64.8. The Kier molecular flexibility index (Phi) is 13.8. The highest BCUT2D eigenvalue weighted by molar-refractivity contribution is 6.02. The van der Waals surface area contributed by atoms with Crippen molar-refractivity contribution in [3.05, 3.63) is 83.7 Å². The van der Waals surface area contributed by atoms with E-state index in [9.17, 15) is 37.1 Å². The molecule has 3 aromatic carbocycles. The number of nitrogens with zero attached hydrogens (tertiary/aromatic N) is 2. The Labute approximate surface area is 300 Å². The smallest absolute Gasteiger partial charge is 0.416 e. The lowest BCUT2D eigenvalue weighted by atomic mass is 10.0. The molecule has 0 saturated heterocycles. The number of halogens is 4. The zero-order valence-corrected chi connectivity index (χ0v) is 29.5. The molecule has 15 heteroatoms. The lowest BCUT2D eigenvalue weighted by Crippen LogP contribution is -2.48. The number of hydrogen-bond donors (Lipinski definition) is 4. The summed E-state index contributed by atoms with van der Waals surface area (Å²) in [6.45, 7) is 5.64. The van der Waals surface area contributed by atoms with Crippen LogP contribution in [0.3, 0.4) is 0 Å². The first kappa shape index (κ1) is 39.9. The van der Waals surface area contributed by atoms with Crippen molar-refractivity contribution in [1.29, 1.82) is 0 Å². The Morgan fingerprint density at radius 3 is 2.23 bits per heavy atom. The number of benzene rings is 3. The highest BCUT2D eigenvalue weighted by Crippen LogP contribution is 2.31. The van der Waals surface area contributed by atoms with Crippen LogP contribution in [0.15, 0.2) is 66.7 Å². The van der Waals surface area contributed by atoms with Gasteiger partial charge in [0, 0.05) is 49.7 Å². The van der Waals surface area contributed by atoms with E-state index in [0.717, 1.165) is 18.6 Å². The summed E-state index contributed by atoms with van der Waals surface area (Å²) in [7, 11) is 1.54. The number of aliphatic hydroxyl groups is 1. The number of ether oxygens (including phenoxy) is 2. The van der Waals surface area contributed by atoms with Gasteiger partial charge in [-0.15, -0.1) is 0 Å². The molecule has 0 fully saturated rings. The van der Waals surface area contributed by atoms with Crippen molar-refractivity contribution in [3.63, 3.8) is 0 Å². The molecule has 1 heterocycles. The molecule has 0 aliphatic carbocycles. The molecule has 0 radical (unpaired) electrons. The maximum atomic E-state index is 14.3. The van der Waals surface area contributed by atoms with Crippen LogP contribution in [0.1, 0.15) is 56.0 Å². The van der Waals surface area contributed by atoms with Gasteiger partial charge >= 0.3 is 18.2 Å². The normalized spacial score (nSPS) is 19.4. The van der Waals surface area contributed by atoms with Crippen LogP contribution in [0, 0.1) is 11.7 Å². The van der Waals surface area contributed by atoms with E-state index in [2.05, 4.69) is 16.0 Å². The third kappa shape index (κ3) is 11.3. The number of aliphatic hydroxyl groups excluding tert-OH is 1. The lowest BCUT2D eigenvalue weighted by Gasteiger charge is -2.35. The average molecular weight is 732 g/mol. The number of carbonyl (C=O) groups is 3. The van der Waals surface area contributed by atoms with E-state index in [1.54, 1.807) is 19.1 Å². The molecule has 3 aromatic rings. The highest BCUT2D eigenvalue weighted by atomic mass is 19.4. The SMILES string of the molecule is C[C@@H]1CCCCO[C@@H](CN(C)C(=O)Nc2ccc(C(F)(F)F)cc2)[C@@H](C)CN([C@H](C)CO)C(=O)c2cc(NC(=O)Nc3ccc(F)cc3)ccc2O1. The van der Waals surface area contributed by atoms with Crippen molar-refractivity contribution < 1.29 is 46.5 Å². The third-order valence-electron chi connectivity index (χ3n) is 8.68. The van der Waals surface area contributed by atoms with E-state index in [1.165, 1.54) is 59.3 Å². The van der Waals surface area contributed by atoms with Crippen molar-refractivity contribution in [2.24, 2.45) is 5.92 Å². The first-order valence-corrected chi connectivity index (χ1v) is 17.0. The molecule has 5 amide bonds. The zero-order valence-electron chi connectivity index (χ0n) is 29.5. The van der Waals surface area contributed by atoms with E-state index < -0.39 is 47.7 Å². The van der Waals surface area contributed by atoms with Crippen LogP contribution in [0.4, 0.5) is 44.2 Å². The Morgan fingerprint density at radius 2 is 1.58 bits per heavy atom.